The van der Waals surface area contributed by atoms with Gasteiger partial charge < -0.3 is 11.1 Å². The van der Waals surface area contributed by atoms with Crippen molar-refractivity contribution in [3.05, 3.63) is 0 Å². The monoisotopic (exact) mass is 199 g/mol. The lowest BCUT2D eigenvalue weighted by molar-refractivity contribution is -0.128. The molecule has 0 spiro atoms. The Balaban J connectivity index is 2.40. The van der Waals surface area contributed by atoms with E-state index < -0.39 is 0 Å². The molecular weight excluding hydrogens is 178 g/mol. The van der Waals surface area contributed by atoms with Crippen LogP contribution in [0, 0.1) is 0 Å². The predicted molar refractivity (Wildman–Crippen MR) is 56.9 cm³/mol. The van der Waals surface area contributed by atoms with Crippen LogP contribution in [0.1, 0.15) is 27.2 Å². The fourth-order valence-electron chi connectivity index (χ4n) is 1.57. The van der Waals surface area contributed by atoms with Crippen molar-refractivity contribution in [2.24, 2.45) is 5.73 Å². The largest absolute Gasteiger partial charge is 0.353 e. The molecule has 1 aliphatic heterocycles. The van der Waals surface area contributed by atoms with Crippen molar-refractivity contribution in [2.45, 2.75) is 38.8 Å². The molecule has 1 unspecified atom stereocenters. The summed E-state index contributed by atoms with van der Waals surface area (Å²) in [5, 5.41) is 2.85. The van der Waals surface area contributed by atoms with E-state index in [0.717, 1.165) is 26.1 Å². The quantitative estimate of drug-likeness (QED) is 0.669. The minimum atomic E-state index is -0.145. The van der Waals surface area contributed by atoms with Crippen LogP contribution in [0.25, 0.3) is 0 Å². The van der Waals surface area contributed by atoms with Crippen LogP contribution in [0.5, 0.6) is 0 Å². The SMILES string of the molecule is CC1C(=O)NCCN1CCC(C)(C)N. The van der Waals surface area contributed by atoms with Gasteiger partial charge >= 0.3 is 0 Å². The molecule has 1 fully saturated rings. The Morgan fingerprint density at radius 1 is 1.64 bits per heavy atom. The van der Waals surface area contributed by atoms with E-state index in [1.165, 1.54) is 0 Å². The molecule has 0 aromatic rings. The van der Waals surface area contributed by atoms with Crippen molar-refractivity contribution in [1.29, 1.82) is 0 Å². The summed E-state index contributed by atoms with van der Waals surface area (Å²) in [7, 11) is 0. The van der Waals surface area contributed by atoms with Crippen LogP contribution < -0.4 is 11.1 Å². The fraction of sp³-hybridized carbons (Fsp3) is 0.900. The van der Waals surface area contributed by atoms with Gasteiger partial charge in [0.15, 0.2) is 0 Å². The number of piperazine rings is 1. The van der Waals surface area contributed by atoms with Gasteiger partial charge in [-0.3, -0.25) is 9.69 Å². The van der Waals surface area contributed by atoms with Crippen LogP contribution >= 0.6 is 0 Å². The van der Waals surface area contributed by atoms with Crippen LogP contribution in [-0.4, -0.2) is 42.0 Å². The Labute approximate surface area is 85.8 Å². The molecule has 1 atom stereocenters. The Kier molecular flexibility index (Phi) is 3.50. The number of nitrogens with one attached hydrogen (secondary N) is 1. The Bertz CT molecular complexity index is 210. The number of hydrogen-bond acceptors (Lipinski definition) is 3. The predicted octanol–water partition coefficient (Wildman–Crippen LogP) is -0.0659. The molecule has 1 rings (SSSR count). The number of carbonyl (C=O) groups excluding carboxylic acids is 1. The molecule has 0 aromatic carbocycles. The molecule has 1 aliphatic rings. The Morgan fingerprint density at radius 3 is 2.86 bits per heavy atom. The van der Waals surface area contributed by atoms with Gasteiger partial charge in [0, 0.05) is 25.2 Å². The van der Waals surface area contributed by atoms with E-state index in [1.807, 2.05) is 20.8 Å². The second kappa shape index (κ2) is 4.28. The van der Waals surface area contributed by atoms with E-state index in [0.29, 0.717) is 0 Å². The van der Waals surface area contributed by atoms with Gasteiger partial charge in [-0.05, 0) is 27.2 Å². The third kappa shape index (κ3) is 3.27. The zero-order valence-electron chi connectivity index (χ0n) is 9.34. The number of hydrogen-bond donors (Lipinski definition) is 2. The molecule has 3 N–H and O–H groups in total. The molecule has 1 saturated heterocycles. The van der Waals surface area contributed by atoms with Crippen molar-refractivity contribution in [3.63, 3.8) is 0 Å². The van der Waals surface area contributed by atoms with E-state index in [2.05, 4.69) is 10.2 Å². The van der Waals surface area contributed by atoms with Crippen LogP contribution in [0.3, 0.4) is 0 Å². The average molecular weight is 199 g/mol. The summed E-state index contributed by atoms with van der Waals surface area (Å²) in [6.45, 7) is 8.57. The summed E-state index contributed by atoms with van der Waals surface area (Å²) < 4.78 is 0. The van der Waals surface area contributed by atoms with Gasteiger partial charge in [-0.2, -0.15) is 0 Å². The van der Waals surface area contributed by atoms with Crippen molar-refractivity contribution >= 4 is 5.91 Å². The van der Waals surface area contributed by atoms with Gasteiger partial charge in [0.05, 0.1) is 6.04 Å². The van der Waals surface area contributed by atoms with Gasteiger partial charge in [0.25, 0.3) is 0 Å². The highest BCUT2D eigenvalue weighted by Gasteiger charge is 2.26. The summed E-state index contributed by atoms with van der Waals surface area (Å²) >= 11 is 0. The topological polar surface area (TPSA) is 58.4 Å². The van der Waals surface area contributed by atoms with Crippen molar-refractivity contribution < 1.29 is 4.79 Å². The van der Waals surface area contributed by atoms with Crippen LogP contribution in [0.2, 0.25) is 0 Å². The molecular formula is C10H21N3O. The lowest BCUT2D eigenvalue weighted by Gasteiger charge is -2.34. The summed E-state index contributed by atoms with van der Waals surface area (Å²) in [4.78, 5) is 13.5. The zero-order valence-corrected chi connectivity index (χ0v) is 9.34. The van der Waals surface area contributed by atoms with Gasteiger partial charge in [-0.15, -0.1) is 0 Å². The molecule has 1 heterocycles. The number of rotatable bonds is 3. The van der Waals surface area contributed by atoms with Gasteiger partial charge in [-0.1, -0.05) is 0 Å². The highest BCUT2D eigenvalue weighted by atomic mass is 16.2. The number of nitrogens with two attached hydrogens (primary N) is 1. The van der Waals surface area contributed by atoms with Crippen molar-refractivity contribution in [3.8, 4) is 0 Å². The third-order valence-electron chi connectivity index (χ3n) is 2.67. The van der Waals surface area contributed by atoms with Crippen LogP contribution in [0.4, 0.5) is 0 Å². The Hall–Kier alpha value is -0.610. The van der Waals surface area contributed by atoms with Crippen molar-refractivity contribution in [1.82, 2.24) is 10.2 Å². The zero-order chi connectivity index (χ0) is 10.8. The van der Waals surface area contributed by atoms with Gasteiger partial charge in [0.2, 0.25) is 5.91 Å². The number of nitrogens with zero attached hydrogens (tertiary/aromatic N) is 1. The van der Waals surface area contributed by atoms with E-state index >= 15 is 0 Å². The molecule has 4 heteroatoms. The molecule has 1 amide bonds. The van der Waals surface area contributed by atoms with E-state index in [9.17, 15) is 4.79 Å². The third-order valence-corrected chi connectivity index (χ3v) is 2.67. The number of amides is 1. The number of carbonyl (C=O) groups is 1. The van der Waals surface area contributed by atoms with Crippen LogP contribution in [-0.2, 0) is 4.79 Å². The lowest BCUT2D eigenvalue weighted by Crippen LogP contribution is -2.54. The summed E-state index contributed by atoms with van der Waals surface area (Å²) in [5.74, 6) is 0.131. The fourth-order valence-corrected chi connectivity index (χ4v) is 1.57. The molecule has 0 aliphatic carbocycles. The normalized spacial score (nSPS) is 24.9. The summed E-state index contributed by atoms with van der Waals surface area (Å²) in [6, 6.07) is -0.00824. The first-order valence-corrected chi connectivity index (χ1v) is 5.21. The van der Waals surface area contributed by atoms with E-state index in [-0.39, 0.29) is 17.5 Å². The first kappa shape index (κ1) is 11.5. The highest BCUT2D eigenvalue weighted by Crippen LogP contribution is 2.09. The summed E-state index contributed by atoms with van der Waals surface area (Å²) in [5.41, 5.74) is 5.76. The maximum absolute atomic E-state index is 11.3. The molecule has 82 valence electrons. The van der Waals surface area contributed by atoms with Gasteiger partial charge in [0.1, 0.15) is 0 Å². The Morgan fingerprint density at radius 2 is 2.29 bits per heavy atom. The minimum Gasteiger partial charge on any atom is -0.353 e. The lowest BCUT2D eigenvalue weighted by atomic mass is 10.0. The molecule has 0 radical (unpaired) electrons. The molecule has 0 aromatic heterocycles. The minimum absolute atomic E-state index is 0.00824. The maximum atomic E-state index is 11.3. The second-order valence-electron chi connectivity index (χ2n) is 4.74. The average Bonchev–Trinajstić information content (AvgIpc) is 2.06. The summed E-state index contributed by atoms with van der Waals surface area (Å²) in [6.07, 6.45) is 0.921. The van der Waals surface area contributed by atoms with E-state index in [1.54, 1.807) is 0 Å². The first-order valence-electron chi connectivity index (χ1n) is 5.21. The second-order valence-corrected chi connectivity index (χ2v) is 4.74. The molecule has 14 heavy (non-hydrogen) atoms. The molecule has 0 bridgehead atoms. The standard InChI is InChI=1S/C10H21N3O/c1-8-9(14)12-5-7-13(8)6-4-10(2,3)11/h8H,4-7,11H2,1-3H3,(H,12,14). The maximum Gasteiger partial charge on any atom is 0.237 e. The van der Waals surface area contributed by atoms with Gasteiger partial charge in [-0.25, -0.2) is 0 Å². The van der Waals surface area contributed by atoms with E-state index in [4.69, 9.17) is 5.73 Å². The molecule has 4 nitrogen and oxygen atoms in total. The van der Waals surface area contributed by atoms with Crippen LogP contribution in [0.15, 0.2) is 0 Å². The highest BCUT2D eigenvalue weighted by molar-refractivity contribution is 5.81. The van der Waals surface area contributed by atoms with Crippen molar-refractivity contribution in [2.75, 3.05) is 19.6 Å². The molecule has 0 saturated carbocycles. The smallest absolute Gasteiger partial charge is 0.237 e. The first-order chi connectivity index (χ1) is 6.40.